The van der Waals surface area contributed by atoms with Crippen LogP contribution in [-0.2, 0) is 9.47 Å². The molecule has 0 atom stereocenters. The SMILES string of the molecule is CC.CCOC.COC.COc1ccccc1.C[N+](=O)[O-]. The molecule has 21 heavy (non-hydrogen) atoms. The van der Waals surface area contributed by atoms with Gasteiger partial charge < -0.3 is 14.2 Å². The number of nitro groups is 1. The maximum absolute atomic E-state index is 8.81. The van der Waals surface area contributed by atoms with Gasteiger partial charge in [0.25, 0.3) is 0 Å². The summed E-state index contributed by atoms with van der Waals surface area (Å²) in [5.41, 5.74) is 0. The summed E-state index contributed by atoms with van der Waals surface area (Å²) in [7, 11) is 7.48. The van der Waals surface area contributed by atoms with E-state index in [1.54, 1.807) is 28.4 Å². The Morgan fingerprint density at radius 1 is 1.05 bits per heavy atom. The second kappa shape index (κ2) is 31.0. The monoisotopic (exact) mass is 305 g/mol. The van der Waals surface area contributed by atoms with Gasteiger partial charge in [0.1, 0.15) is 5.75 Å². The minimum Gasteiger partial charge on any atom is -0.497 e. The van der Waals surface area contributed by atoms with Crippen molar-refractivity contribution >= 4 is 0 Å². The van der Waals surface area contributed by atoms with Crippen molar-refractivity contribution in [3.63, 3.8) is 0 Å². The van der Waals surface area contributed by atoms with E-state index in [-0.39, 0.29) is 0 Å². The average molecular weight is 305 g/mol. The molecule has 126 valence electrons. The van der Waals surface area contributed by atoms with E-state index in [1.807, 2.05) is 51.1 Å². The molecule has 0 aliphatic carbocycles. The topological polar surface area (TPSA) is 70.8 Å². The van der Waals surface area contributed by atoms with E-state index in [9.17, 15) is 0 Å². The molecule has 0 radical (unpaired) electrons. The summed E-state index contributed by atoms with van der Waals surface area (Å²) in [6, 6.07) is 9.68. The van der Waals surface area contributed by atoms with Crippen LogP contribution < -0.4 is 4.74 Å². The second-order valence-electron chi connectivity index (χ2n) is 2.94. The zero-order valence-electron chi connectivity index (χ0n) is 14.6. The molecular formula is C15H31NO5. The quantitative estimate of drug-likeness (QED) is 0.617. The highest BCUT2D eigenvalue weighted by Gasteiger charge is 1.80. The molecule has 0 aliphatic rings. The molecule has 0 saturated carbocycles. The zero-order valence-corrected chi connectivity index (χ0v) is 14.6. The average Bonchev–Trinajstić information content (AvgIpc) is 2.50. The highest BCUT2D eigenvalue weighted by Crippen LogP contribution is 2.05. The van der Waals surface area contributed by atoms with E-state index in [0.717, 1.165) is 19.4 Å². The third-order valence-electron chi connectivity index (χ3n) is 1.27. The van der Waals surface area contributed by atoms with E-state index in [4.69, 9.17) is 14.9 Å². The molecule has 0 heterocycles. The van der Waals surface area contributed by atoms with Gasteiger partial charge in [-0.25, -0.2) is 0 Å². The third kappa shape index (κ3) is 56.1. The zero-order chi connectivity index (χ0) is 17.5. The molecule has 0 spiro atoms. The van der Waals surface area contributed by atoms with Crippen LogP contribution in [0.3, 0.4) is 0 Å². The number of benzene rings is 1. The summed E-state index contributed by atoms with van der Waals surface area (Å²) in [6.07, 6.45) is 0. The van der Waals surface area contributed by atoms with Gasteiger partial charge >= 0.3 is 0 Å². The number of para-hydroxylation sites is 1. The second-order valence-corrected chi connectivity index (χ2v) is 2.94. The van der Waals surface area contributed by atoms with Gasteiger partial charge in [-0.3, -0.25) is 10.1 Å². The van der Waals surface area contributed by atoms with E-state index >= 15 is 0 Å². The lowest BCUT2D eigenvalue weighted by molar-refractivity contribution is -0.445. The molecule has 0 aliphatic heterocycles. The van der Waals surface area contributed by atoms with Gasteiger partial charge in [0.05, 0.1) is 7.11 Å². The van der Waals surface area contributed by atoms with Crippen molar-refractivity contribution in [1.29, 1.82) is 0 Å². The fourth-order valence-corrected chi connectivity index (χ4v) is 0.557. The summed E-state index contributed by atoms with van der Waals surface area (Å²) in [6.45, 7) is 6.78. The Hall–Kier alpha value is -1.66. The molecule has 0 fully saturated rings. The first-order chi connectivity index (χ1) is 9.99. The normalized spacial score (nSPS) is 7.05. The Morgan fingerprint density at radius 2 is 1.33 bits per heavy atom. The van der Waals surface area contributed by atoms with Crippen molar-refractivity contribution in [3.05, 3.63) is 40.4 Å². The molecule has 0 saturated heterocycles. The summed E-state index contributed by atoms with van der Waals surface area (Å²) in [4.78, 5) is 8.31. The molecule has 6 nitrogen and oxygen atoms in total. The first kappa shape index (κ1) is 27.6. The van der Waals surface area contributed by atoms with E-state index in [1.165, 1.54) is 0 Å². The summed E-state index contributed by atoms with van der Waals surface area (Å²) in [5.74, 6) is 0.910. The van der Waals surface area contributed by atoms with Gasteiger partial charge in [0.2, 0.25) is 0 Å². The Bertz CT molecular complexity index is 262. The van der Waals surface area contributed by atoms with Gasteiger partial charge in [-0.1, -0.05) is 32.0 Å². The van der Waals surface area contributed by atoms with Crippen molar-refractivity contribution in [2.75, 3.05) is 42.1 Å². The predicted octanol–water partition coefficient (Wildman–Crippen LogP) is 3.53. The molecule has 0 bridgehead atoms. The summed E-state index contributed by atoms with van der Waals surface area (Å²) in [5, 5.41) is 8.81. The van der Waals surface area contributed by atoms with E-state index < -0.39 is 4.92 Å². The Morgan fingerprint density at radius 3 is 1.48 bits per heavy atom. The number of nitrogens with zero attached hydrogens (tertiary/aromatic N) is 1. The van der Waals surface area contributed by atoms with Gasteiger partial charge in [-0.2, -0.15) is 0 Å². The van der Waals surface area contributed by atoms with Crippen molar-refractivity contribution in [2.45, 2.75) is 20.8 Å². The fraction of sp³-hybridized carbons (Fsp3) is 0.600. The first-order valence-corrected chi connectivity index (χ1v) is 6.56. The molecule has 0 aromatic heterocycles. The van der Waals surface area contributed by atoms with Crippen LogP contribution in [0.2, 0.25) is 0 Å². The van der Waals surface area contributed by atoms with Gasteiger partial charge in [-0.05, 0) is 19.1 Å². The molecule has 0 N–H and O–H groups in total. The highest BCUT2D eigenvalue weighted by molar-refractivity contribution is 5.20. The molecule has 1 aromatic rings. The van der Waals surface area contributed by atoms with Gasteiger partial charge in [-0.15, -0.1) is 0 Å². The number of ether oxygens (including phenoxy) is 3. The van der Waals surface area contributed by atoms with E-state index in [0.29, 0.717) is 0 Å². The Balaban J connectivity index is -0.0000000962. The lowest BCUT2D eigenvalue weighted by Gasteiger charge is -1.93. The van der Waals surface area contributed by atoms with Gasteiger partial charge in [0.15, 0.2) is 7.05 Å². The fourth-order valence-electron chi connectivity index (χ4n) is 0.557. The minimum absolute atomic E-state index is 0.500. The smallest absolute Gasteiger partial charge is 0.194 e. The van der Waals surface area contributed by atoms with Crippen LogP contribution in [0.15, 0.2) is 30.3 Å². The predicted molar refractivity (Wildman–Crippen MR) is 87.7 cm³/mol. The van der Waals surface area contributed by atoms with Crippen molar-refractivity contribution < 1.29 is 19.1 Å². The maximum Gasteiger partial charge on any atom is 0.194 e. The van der Waals surface area contributed by atoms with E-state index in [2.05, 4.69) is 9.47 Å². The van der Waals surface area contributed by atoms with Crippen LogP contribution in [0.25, 0.3) is 0 Å². The van der Waals surface area contributed by atoms with Crippen LogP contribution in [0.5, 0.6) is 5.75 Å². The van der Waals surface area contributed by atoms with Crippen molar-refractivity contribution in [3.8, 4) is 5.75 Å². The van der Waals surface area contributed by atoms with Crippen molar-refractivity contribution in [1.82, 2.24) is 0 Å². The maximum atomic E-state index is 8.81. The van der Waals surface area contributed by atoms with Crippen LogP contribution in [-0.4, -0.2) is 47.0 Å². The third-order valence-corrected chi connectivity index (χ3v) is 1.27. The number of rotatable bonds is 2. The summed E-state index contributed by atoms with van der Waals surface area (Å²) < 4.78 is 13.7. The first-order valence-electron chi connectivity index (χ1n) is 6.56. The number of methoxy groups -OCH3 is 3. The van der Waals surface area contributed by atoms with Crippen LogP contribution in [0, 0.1) is 10.1 Å². The van der Waals surface area contributed by atoms with Gasteiger partial charge in [0, 0.05) is 32.9 Å². The van der Waals surface area contributed by atoms with Crippen LogP contribution in [0.1, 0.15) is 20.8 Å². The lowest BCUT2D eigenvalue weighted by atomic mass is 10.3. The highest BCUT2D eigenvalue weighted by atomic mass is 16.6. The molecule has 0 unspecified atom stereocenters. The Labute approximate surface area is 129 Å². The standard InChI is InChI=1S/C7H8O.C3H8O.C2H6O.C2H6.CH3NO2/c1-8-7-5-3-2-4-6-7;1-3-4-2;1-3-2;1-2;1-2(3)4/h2-6H,1H3;3H2,1-2H3;1-2H3;1-2H3;1H3. The molecular weight excluding hydrogens is 274 g/mol. The summed E-state index contributed by atoms with van der Waals surface area (Å²) >= 11 is 0. The number of hydrogen-bond acceptors (Lipinski definition) is 5. The van der Waals surface area contributed by atoms with Crippen LogP contribution in [0.4, 0.5) is 0 Å². The largest absolute Gasteiger partial charge is 0.497 e. The molecule has 1 rings (SSSR count). The number of hydrogen-bond donors (Lipinski definition) is 0. The van der Waals surface area contributed by atoms with Crippen molar-refractivity contribution in [2.24, 2.45) is 0 Å². The lowest BCUT2D eigenvalue weighted by Crippen LogP contribution is -1.79. The molecule has 1 aromatic carbocycles. The minimum atomic E-state index is -0.500. The molecule has 0 amide bonds. The van der Waals surface area contributed by atoms with Crippen LogP contribution >= 0.6 is 0 Å². The Kier molecular flexibility index (Phi) is 40.8. The molecule has 6 heteroatoms.